The number of carboxylic acid groups (broad SMARTS) is 1. The molecule has 0 unspecified atom stereocenters. The van der Waals surface area contributed by atoms with Gasteiger partial charge in [-0.05, 0) is 19.8 Å². The summed E-state index contributed by atoms with van der Waals surface area (Å²) in [6.07, 6.45) is 2.73. The van der Waals surface area contributed by atoms with Crippen LogP contribution >= 0.6 is 11.3 Å². The minimum Gasteiger partial charge on any atom is -0.465 e. The Morgan fingerprint density at radius 3 is 2.81 bits per heavy atom. The highest BCUT2D eigenvalue weighted by Gasteiger charge is 2.22. The van der Waals surface area contributed by atoms with Crippen LogP contribution in [0.3, 0.4) is 0 Å². The highest BCUT2D eigenvalue weighted by Crippen LogP contribution is 2.21. The van der Waals surface area contributed by atoms with Gasteiger partial charge in [0, 0.05) is 30.2 Å². The van der Waals surface area contributed by atoms with Crippen molar-refractivity contribution in [3.63, 3.8) is 0 Å². The molecule has 1 aliphatic rings. The van der Waals surface area contributed by atoms with Gasteiger partial charge >= 0.3 is 6.09 Å². The molecule has 1 aromatic heterocycles. The number of rotatable bonds is 2. The molecule has 88 valence electrons. The quantitative estimate of drug-likeness (QED) is 0.831. The van der Waals surface area contributed by atoms with E-state index in [4.69, 9.17) is 5.11 Å². The molecular weight excluding hydrogens is 226 g/mol. The molecule has 5 nitrogen and oxygen atoms in total. The molecule has 1 saturated heterocycles. The van der Waals surface area contributed by atoms with Crippen molar-refractivity contribution in [3.05, 3.63) is 11.1 Å². The van der Waals surface area contributed by atoms with Crippen LogP contribution in [0.15, 0.2) is 6.20 Å². The molecule has 2 rings (SSSR count). The third-order valence-corrected chi connectivity index (χ3v) is 3.56. The van der Waals surface area contributed by atoms with E-state index >= 15 is 0 Å². The van der Waals surface area contributed by atoms with E-state index < -0.39 is 6.09 Å². The van der Waals surface area contributed by atoms with Crippen molar-refractivity contribution in [1.29, 1.82) is 0 Å². The molecule has 0 bridgehead atoms. The van der Waals surface area contributed by atoms with Crippen LogP contribution in [-0.2, 0) is 0 Å². The minimum atomic E-state index is -0.816. The Hall–Kier alpha value is -1.30. The monoisotopic (exact) mass is 241 g/mol. The van der Waals surface area contributed by atoms with Crippen LogP contribution in [0, 0.1) is 6.92 Å². The first-order valence-corrected chi connectivity index (χ1v) is 6.13. The number of anilines is 1. The van der Waals surface area contributed by atoms with E-state index in [0.29, 0.717) is 19.1 Å². The fraction of sp³-hybridized carbons (Fsp3) is 0.600. The predicted octanol–water partition coefficient (Wildman–Crippen LogP) is 2.01. The molecule has 6 heteroatoms. The highest BCUT2D eigenvalue weighted by atomic mass is 32.1. The number of nitrogens with zero attached hydrogens (tertiary/aromatic N) is 2. The predicted molar refractivity (Wildman–Crippen MR) is 63.1 cm³/mol. The summed E-state index contributed by atoms with van der Waals surface area (Å²) in [6, 6.07) is 0.348. The summed E-state index contributed by atoms with van der Waals surface area (Å²) in [5, 5.41) is 13.1. The smallest absolute Gasteiger partial charge is 0.407 e. The maximum Gasteiger partial charge on any atom is 0.407 e. The maximum absolute atomic E-state index is 10.7. The van der Waals surface area contributed by atoms with E-state index in [9.17, 15) is 4.79 Å². The molecule has 1 aromatic rings. The van der Waals surface area contributed by atoms with Gasteiger partial charge in [0.1, 0.15) is 0 Å². The lowest BCUT2D eigenvalue weighted by Gasteiger charge is -2.30. The van der Waals surface area contributed by atoms with E-state index in [-0.39, 0.29) is 0 Å². The SMILES string of the molecule is Cc1cnc(NC2CCN(C(=O)O)CC2)s1. The molecule has 0 spiro atoms. The summed E-state index contributed by atoms with van der Waals surface area (Å²) in [7, 11) is 0. The normalized spacial score (nSPS) is 17.4. The van der Waals surface area contributed by atoms with Gasteiger partial charge in [-0.3, -0.25) is 0 Å². The molecule has 0 aromatic carbocycles. The van der Waals surface area contributed by atoms with Gasteiger partial charge in [-0.15, -0.1) is 11.3 Å². The van der Waals surface area contributed by atoms with Crippen LogP contribution < -0.4 is 5.32 Å². The first-order chi connectivity index (χ1) is 7.65. The molecule has 0 radical (unpaired) electrons. The van der Waals surface area contributed by atoms with Crippen molar-refractivity contribution in [2.24, 2.45) is 0 Å². The Morgan fingerprint density at radius 1 is 1.62 bits per heavy atom. The van der Waals surface area contributed by atoms with E-state index in [1.54, 1.807) is 11.3 Å². The van der Waals surface area contributed by atoms with Crippen LogP contribution in [0.25, 0.3) is 0 Å². The van der Waals surface area contributed by atoms with E-state index in [1.807, 2.05) is 13.1 Å². The van der Waals surface area contributed by atoms with Gasteiger partial charge in [-0.25, -0.2) is 9.78 Å². The number of carbonyl (C=O) groups is 1. The number of thiazole rings is 1. The summed E-state index contributed by atoms with van der Waals surface area (Å²) >= 11 is 1.64. The Balaban J connectivity index is 1.83. The van der Waals surface area contributed by atoms with E-state index in [0.717, 1.165) is 18.0 Å². The fourth-order valence-corrected chi connectivity index (χ4v) is 2.55. The highest BCUT2D eigenvalue weighted by molar-refractivity contribution is 7.15. The van der Waals surface area contributed by atoms with Crippen LogP contribution in [0.5, 0.6) is 0 Å². The second kappa shape index (κ2) is 4.69. The maximum atomic E-state index is 10.7. The van der Waals surface area contributed by atoms with Crippen molar-refractivity contribution < 1.29 is 9.90 Å². The molecule has 1 amide bonds. The van der Waals surface area contributed by atoms with Crippen LogP contribution in [0.1, 0.15) is 17.7 Å². The van der Waals surface area contributed by atoms with Gasteiger partial charge in [0.25, 0.3) is 0 Å². The average Bonchev–Trinajstić information content (AvgIpc) is 2.65. The number of piperidine rings is 1. The van der Waals surface area contributed by atoms with Gasteiger partial charge in [-0.1, -0.05) is 0 Å². The number of nitrogens with one attached hydrogen (secondary N) is 1. The van der Waals surface area contributed by atoms with Crippen molar-refractivity contribution >= 4 is 22.6 Å². The summed E-state index contributed by atoms with van der Waals surface area (Å²) in [6.45, 7) is 3.24. The zero-order valence-electron chi connectivity index (χ0n) is 9.14. The zero-order valence-corrected chi connectivity index (χ0v) is 9.96. The standard InChI is InChI=1S/C10H15N3O2S/c1-7-6-11-9(16-7)12-8-2-4-13(5-3-8)10(14)15/h6,8H,2-5H2,1H3,(H,11,12)(H,14,15). The summed E-state index contributed by atoms with van der Waals surface area (Å²) in [4.78, 5) is 17.6. The molecule has 1 aliphatic heterocycles. The fourth-order valence-electron chi connectivity index (χ4n) is 1.81. The van der Waals surface area contributed by atoms with Crippen LogP contribution in [0.4, 0.5) is 9.93 Å². The third-order valence-electron chi connectivity index (χ3n) is 2.71. The number of likely N-dealkylation sites (tertiary alicyclic amines) is 1. The molecule has 1 fully saturated rings. The Morgan fingerprint density at radius 2 is 2.31 bits per heavy atom. The van der Waals surface area contributed by atoms with Crippen molar-refractivity contribution in [2.45, 2.75) is 25.8 Å². The summed E-state index contributed by atoms with van der Waals surface area (Å²) in [5.74, 6) is 0. The molecule has 0 saturated carbocycles. The number of amides is 1. The number of aryl methyl sites for hydroxylation is 1. The summed E-state index contributed by atoms with van der Waals surface area (Å²) in [5.41, 5.74) is 0. The van der Waals surface area contributed by atoms with Crippen LogP contribution in [0.2, 0.25) is 0 Å². The molecule has 0 atom stereocenters. The number of hydrogen-bond acceptors (Lipinski definition) is 4. The van der Waals surface area contributed by atoms with Gasteiger partial charge in [0.15, 0.2) is 5.13 Å². The first kappa shape index (κ1) is 11.2. The lowest BCUT2D eigenvalue weighted by molar-refractivity contribution is 0.134. The first-order valence-electron chi connectivity index (χ1n) is 5.32. The second-order valence-electron chi connectivity index (χ2n) is 3.96. The average molecular weight is 241 g/mol. The van der Waals surface area contributed by atoms with Crippen molar-refractivity contribution in [3.8, 4) is 0 Å². The van der Waals surface area contributed by atoms with Crippen molar-refractivity contribution in [2.75, 3.05) is 18.4 Å². The molecule has 2 heterocycles. The topological polar surface area (TPSA) is 65.5 Å². The Kier molecular flexibility index (Phi) is 3.28. The molecule has 0 aliphatic carbocycles. The third kappa shape index (κ3) is 2.63. The lowest BCUT2D eigenvalue weighted by atomic mass is 10.1. The minimum absolute atomic E-state index is 0.348. The van der Waals surface area contributed by atoms with E-state index in [1.165, 1.54) is 9.78 Å². The summed E-state index contributed by atoms with van der Waals surface area (Å²) < 4.78 is 0. The zero-order chi connectivity index (χ0) is 11.5. The second-order valence-corrected chi connectivity index (χ2v) is 5.20. The van der Waals surface area contributed by atoms with E-state index in [2.05, 4.69) is 10.3 Å². The number of hydrogen-bond donors (Lipinski definition) is 2. The van der Waals surface area contributed by atoms with Gasteiger partial charge < -0.3 is 15.3 Å². The largest absolute Gasteiger partial charge is 0.465 e. The molecule has 2 N–H and O–H groups in total. The van der Waals surface area contributed by atoms with Gasteiger partial charge in [-0.2, -0.15) is 0 Å². The molecular formula is C10H15N3O2S. The Labute approximate surface area is 98.1 Å². The lowest BCUT2D eigenvalue weighted by Crippen LogP contribution is -2.41. The van der Waals surface area contributed by atoms with Gasteiger partial charge in [0.05, 0.1) is 0 Å². The van der Waals surface area contributed by atoms with Crippen molar-refractivity contribution in [1.82, 2.24) is 9.88 Å². The van der Waals surface area contributed by atoms with Gasteiger partial charge in [0.2, 0.25) is 0 Å². The Bertz CT molecular complexity index is 372. The number of aromatic nitrogens is 1. The molecule has 16 heavy (non-hydrogen) atoms. The van der Waals surface area contributed by atoms with Crippen LogP contribution in [-0.4, -0.2) is 40.2 Å².